The van der Waals surface area contributed by atoms with Gasteiger partial charge in [-0.1, -0.05) is 84.4 Å². The van der Waals surface area contributed by atoms with E-state index in [0.29, 0.717) is 0 Å². The molecule has 0 amide bonds. The summed E-state index contributed by atoms with van der Waals surface area (Å²) in [6.45, 7) is 2.11. The molecule has 2 heterocycles. The summed E-state index contributed by atoms with van der Waals surface area (Å²) < 4.78 is 6.30. The van der Waals surface area contributed by atoms with Gasteiger partial charge in [-0.25, -0.2) is 4.98 Å². The fourth-order valence-electron chi connectivity index (χ4n) is 4.35. The maximum atomic E-state index is 6.30. The second-order valence-electron chi connectivity index (χ2n) is 7.70. The van der Waals surface area contributed by atoms with Gasteiger partial charge in [0.1, 0.15) is 11.5 Å². The largest absolute Gasteiger partial charge is 0.456 e. The molecule has 2 heteroatoms. The molecule has 1 aliphatic rings. The molecule has 0 saturated carbocycles. The van der Waals surface area contributed by atoms with E-state index in [2.05, 4.69) is 79.7 Å². The van der Waals surface area contributed by atoms with Gasteiger partial charge in [0.25, 0.3) is 0 Å². The summed E-state index contributed by atoms with van der Waals surface area (Å²) in [5.74, 6) is 1.72. The lowest BCUT2D eigenvalue weighted by Gasteiger charge is -2.24. The van der Waals surface area contributed by atoms with Crippen LogP contribution < -0.4 is 4.74 Å². The van der Waals surface area contributed by atoms with E-state index in [1.165, 1.54) is 5.56 Å². The van der Waals surface area contributed by atoms with Crippen LogP contribution >= 0.6 is 0 Å². The van der Waals surface area contributed by atoms with Crippen molar-refractivity contribution in [2.45, 2.75) is 6.92 Å². The number of pyridine rings is 1. The molecular weight excluding hydrogens is 366 g/mol. The van der Waals surface area contributed by atoms with E-state index in [-0.39, 0.29) is 0 Å². The fraction of sp³-hybridized carbons (Fsp3) is 0.0357. The van der Waals surface area contributed by atoms with Gasteiger partial charge in [0, 0.05) is 16.7 Å². The number of nitrogens with zero attached hydrogens (tertiary/aromatic N) is 1. The Morgan fingerprint density at radius 2 is 1.37 bits per heavy atom. The maximum Gasteiger partial charge on any atom is 0.137 e. The molecule has 0 N–H and O–H groups in total. The predicted octanol–water partition coefficient (Wildman–Crippen LogP) is 7.65. The van der Waals surface area contributed by atoms with E-state index in [1.807, 2.05) is 24.3 Å². The van der Waals surface area contributed by atoms with E-state index in [0.717, 1.165) is 55.9 Å². The van der Waals surface area contributed by atoms with E-state index in [4.69, 9.17) is 9.72 Å². The molecule has 6 rings (SSSR count). The quantitative estimate of drug-likeness (QED) is 0.305. The third kappa shape index (κ3) is 2.54. The molecule has 0 saturated heterocycles. The molecule has 0 spiro atoms. The Labute approximate surface area is 175 Å². The minimum absolute atomic E-state index is 0.861. The zero-order valence-corrected chi connectivity index (χ0v) is 16.6. The van der Waals surface area contributed by atoms with Crippen LogP contribution in [0.2, 0.25) is 0 Å². The summed E-state index contributed by atoms with van der Waals surface area (Å²) in [4.78, 5) is 5.28. The standard InChI is InChI=1S/C28H19NO/c1-18-15-16-23-22(17-18)28-26-21(13-8-14-24(26)30-23)25(19-9-4-2-5-10-19)27(29-28)20-11-6-3-7-12-20/h2-17H,1H3. The van der Waals surface area contributed by atoms with Crippen molar-refractivity contribution < 1.29 is 4.74 Å². The molecule has 0 atom stereocenters. The van der Waals surface area contributed by atoms with Gasteiger partial charge in [0.15, 0.2) is 0 Å². The van der Waals surface area contributed by atoms with Crippen molar-refractivity contribution in [2.75, 3.05) is 0 Å². The lowest BCUT2D eigenvalue weighted by atomic mass is 9.90. The molecule has 0 bridgehead atoms. The monoisotopic (exact) mass is 385 g/mol. The third-order valence-electron chi connectivity index (χ3n) is 5.71. The van der Waals surface area contributed by atoms with Crippen LogP contribution in [0.4, 0.5) is 0 Å². The smallest absolute Gasteiger partial charge is 0.137 e. The Morgan fingerprint density at radius 1 is 0.633 bits per heavy atom. The number of fused-ring (bicyclic) bond motifs is 2. The molecule has 0 radical (unpaired) electrons. The second-order valence-corrected chi connectivity index (χ2v) is 7.70. The van der Waals surface area contributed by atoms with Crippen LogP contribution in [0.25, 0.3) is 44.4 Å². The molecule has 0 unspecified atom stereocenters. The first-order valence-corrected chi connectivity index (χ1v) is 10.2. The number of benzene rings is 4. The SMILES string of the molecule is Cc1ccc2c(c1)-c1nc(-c3ccccc3)c(-c3ccccc3)c3cccc(c13)O2. The fourth-order valence-corrected chi connectivity index (χ4v) is 4.35. The molecule has 1 aromatic heterocycles. The average Bonchev–Trinajstić information content (AvgIpc) is 2.80. The number of hydrogen-bond acceptors (Lipinski definition) is 2. The first-order chi connectivity index (χ1) is 14.8. The molecule has 30 heavy (non-hydrogen) atoms. The van der Waals surface area contributed by atoms with Crippen LogP contribution in [0, 0.1) is 6.92 Å². The van der Waals surface area contributed by atoms with Crippen LogP contribution in [0.3, 0.4) is 0 Å². The molecule has 0 fully saturated rings. The van der Waals surface area contributed by atoms with Crippen molar-refractivity contribution in [3.8, 4) is 45.1 Å². The Bertz CT molecular complexity index is 1410. The Hall–Kier alpha value is -3.91. The van der Waals surface area contributed by atoms with Gasteiger partial charge >= 0.3 is 0 Å². The lowest BCUT2D eigenvalue weighted by Crippen LogP contribution is -2.02. The molecule has 1 aliphatic heterocycles. The first kappa shape index (κ1) is 17.0. The van der Waals surface area contributed by atoms with Crippen molar-refractivity contribution >= 4 is 10.8 Å². The summed E-state index contributed by atoms with van der Waals surface area (Å²) in [6, 6.07) is 33.5. The molecular formula is C28H19NO. The number of rotatable bonds is 2. The zero-order chi connectivity index (χ0) is 20.1. The average molecular weight is 385 g/mol. The minimum atomic E-state index is 0.861. The van der Waals surface area contributed by atoms with Crippen LogP contribution in [0.1, 0.15) is 5.56 Å². The first-order valence-electron chi connectivity index (χ1n) is 10.2. The minimum Gasteiger partial charge on any atom is -0.456 e. The topological polar surface area (TPSA) is 22.1 Å². The second kappa shape index (κ2) is 6.57. The van der Waals surface area contributed by atoms with Gasteiger partial charge in [0.05, 0.1) is 16.8 Å². The molecule has 0 aliphatic carbocycles. The molecule has 4 aromatic carbocycles. The van der Waals surface area contributed by atoms with Gasteiger partial charge in [-0.3, -0.25) is 0 Å². The van der Waals surface area contributed by atoms with Crippen molar-refractivity contribution in [2.24, 2.45) is 0 Å². The highest BCUT2D eigenvalue weighted by Gasteiger charge is 2.25. The van der Waals surface area contributed by atoms with Gasteiger partial charge < -0.3 is 4.74 Å². The maximum absolute atomic E-state index is 6.30. The molecule has 2 nitrogen and oxygen atoms in total. The highest BCUT2D eigenvalue weighted by atomic mass is 16.5. The van der Waals surface area contributed by atoms with Gasteiger partial charge in [-0.05, 0) is 36.1 Å². The van der Waals surface area contributed by atoms with Crippen molar-refractivity contribution in [1.29, 1.82) is 0 Å². The van der Waals surface area contributed by atoms with Crippen LogP contribution in [-0.4, -0.2) is 4.98 Å². The summed E-state index contributed by atoms with van der Waals surface area (Å²) in [5, 5.41) is 2.24. The Balaban J connectivity index is 1.80. The van der Waals surface area contributed by atoms with Crippen molar-refractivity contribution in [3.63, 3.8) is 0 Å². The Kier molecular flexibility index (Phi) is 3.72. The van der Waals surface area contributed by atoms with Crippen LogP contribution in [0.5, 0.6) is 11.5 Å². The number of hydrogen-bond donors (Lipinski definition) is 0. The number of ether oxygens (including phenoxy) is 1. The molecule has 142 valence electrons. The summed E-state index contributed by atoms with van der Waals surface area (Å²) in [5.41, 5.74) is 7.64. The van der Waals surface area contributed by atoms with Gasteiger partial charge in [-0.15, -0.1) is 0 Å². The summed E-state index contributed by atoms with van der Waals surface area (Å²) in [7, 11) is 0. The van der Waals surface area contributed by atoms with E-state index >= 15 is 0 Å². The summed E-state index contributed by atoms with van der Waals surface area (Å²) >= 11 is 0. The van der Waals surface area contributed by atoms with Crippen LogP contribution in [-0.2, 0) is 0 Å². The zero-order valence-electron chi connectivity index (χ0n) is 16.6. The van der Waals surface area contributed by atoms with E-state index in [1.54, 1.807) is 0 Å². The van der Waals surface area contributed by atoms with E-state index < -0.39 is 0 Å². The predicted molar refractivity (Wildman–Crippen MR) is 123 cm³/mol. The normalized spacial score (nSPS) is 11.8. The number of aryl methyl sites for hydroxylation is 1. The summed E-state index contributed by atoms with van der Waals surface area (Å²) in [6.07, 6.45) is 0. The Morgan fingerprint density at radius 3 is 2.13 bits per heavy atom. The van der Waals surface area contributed by atoms with Crippen LogP contribution in [0.15, 0.2) is 97.1 Å². The van der Waals surface area contributed by atoms with Crippen molar-refractivity contribution in [1.82, 2.24) is 4.98 Å². The molecule has 5 aromatic rings. The van der Waals surface area contributed by atoms with Gasteiger partial charge in [-0.2, -0.15) is 0 Å². The van der Waals surface area contributed by atoms with E-state index in [9.17, 15) is 0 Å². The third-order valence-corrected chi connectivity index (χ3v) is 5.71. The van der Waals surface area contributed by atoms with Gasteiger partial charge in [0.2, 0.25) is 0 Å². The number of aromatic nitrogens is 1. The lowest BCUT2D eigenvalue weighted by molar-refractivity contribution is 0.486. The highest BCUT2D eigenvalue weighted by molar-refractivity contribution is 6.12. The van der Waals surface area contributed by atoms with Crippen molar-refractivity contribution in [3.05, 3.63) is 103 Å². The highest BCUT2D eigenvalue weighted by Crippen LogP contribution is 2.49.